The molecule has 0 bridgehead atoms. The molecule has 3 N–H and O–H groups in total. The molecule has 4 rings (SSSR count). The smallest absolute Gasteiger partial charge is 0.253 e. The Balaban J connectivity index is 1.36. The van der Waals surface area contributed by atoms with E-state index in [1.165, 1.54) is 11.3 Å². The highest BCUT2D eigenvalue weighted by molar-refractivity contribution is 7.99. The van der Waals surface area contributed by atoms with Crippen LogP contribution in [-0.4, -0.2) is 32.2 Å². The number of rotatable bonds is 4. The van der Waals surface area contributed by atoms with Gasteiger partial charge >= 0.3 is 0 Å². The Bertz CT molecular complexity index is 906. The van der Waals surface area contributed by atoms with Crippen molar-refractivity contribution in [3.8, 4) is 0 Å². The molecule has 1 amide bonds. The number of nitrogen functional groups attached to an aromatic ring is 1. The second-order valence-electron chi connectivity index (χ2n) is 6.30. The van der Waals surface area contributed by atoms with E-state index in [-0.39, 0.29) is 11.9 Å². The summed E-state index contributed by atoms with van der Waals surface area (Å²) in [5.74, 6) is -0.0401. The summed E-state index contributed by atoms with van der Waals surface area (Å²) >= 11 is 3.09. The summed E-state index contributed by atoms with van der Waals surface area (Å²) in [7, 11) is 0. The molecule has 26 heavy (non-hydrogen) atoms. The molecule has 6 nitrogen and oxygen atoms in total. The van der Waals surface area contributed by atoms with Crippen molar-refractivity contribution in [1.82, 2.24) is 20.3 Å². The number of carbonyl (C=O) groups is 1. The molecule has 0 unspecified atom stereocenters. The van der Waals surface area contributed by atoms with Crippen LogP contribution in [0.5, 0.6) is 0 Å². The number of thioether (sulfide) groups is 1. The molecule has 0 spiro atoms. The number of thiazole rings is 1. The van der Waals surface area contributed by atoms with Crippen molar-refractivity contribution in [3.63, 3.8) is 0 Å². The van der Waals surface area contributed by atoms with Crippen molar-refractivity contribution in [2.45, 2.75) is 42.1 Å². The lowest BCUT2D eigenvalue weighted by Crippen LogP contribution is -2.38. The van der Waals surface area contributed by atoms with Gasteiger partial charge in [0.2, 0.25) is 0 Å². The maximum absolute atomic E-state index is 12.7. The number of benzene rings is 1. The number of aromatic nitrogens is 3. The number of nitrogens with zero attached hydrogens (tertiary/aromatic N) is 3. The third kappa shape index (κ3) is 3.81. The lowest BCUT2D eigenvalue weighted by atomic mass is 9.94. The largest absolute Gasteiger partial charge is 0.375 e. The third-order valence-corrected chi connectivity index (χ3v) is 6.66. The minimum absolute atomic E-state index is 0.0401. The minimum Gasteiger partial charge on any atom is -0.375 e. The van der Waals surface area contributed by atoms with Crippen LogP contribution in [0.2, 0.25) is 0 Å². The SMILES string of the molecule is Nc1nc2cccc(C(=O)NC3CCC(Sc4ncccn4)CC3)c2s1. The number of amides is 1. The summed E-state index contributed by atoms with van der Waals surface area (Å²) in [4.78, 5) is 25.5. The van der Waals surface area contributed by atoms with E-state index in [0.29, 0.717) is 15.9 Å². The van der Waals surface area contributed by atoms with Gasteiger partial charge in [-0.15, -0.1) is 0 Å². The van der Waals surface area contributed by atoms with E-state index in [1.54, 1.807) is 24.2 Å². The van der Waals surface area contributed by atoms with Crippen LogP contribution >= 0.6 is 23.1 Å². The zero-order chi connectivity index (χ0) is 17.9. The van der Waals surface area contributed by atoms with Crippen LogP contribution in [0.4, 0.5) is 5.13 Å². The Morgan fingerprint density at radius 1 is 1.15 bits per heavy atom. The summed E-state index contributed by atoms with van der Waals surface area (Å²) in [6, 6.07) is 7.60. The van der Waals surface area contributed by atoms with Crippen LogP contribution in [0.25, 0.3) is 10.2 Å². The first kappa shape index (κ1) is 17.2. The molecule has 0 aliphatic heterocycles. The number of nitrogens with one attached hydrogen (secondary N) is 1. The number of hydrogen-bond donors (Lipinski definition) is 2. The van der Waals surface area contributed by atoms with E-state index in [9.17, 15) is 4.79 Å². The highest BCUT2D eigenvalue weighted by Gasteiger charge is 2.25. The standard InChI is InChI=1S/C18H19N5OS2/c19-17-23-14-4-1-3-13(15(14)26-17)16(24)22-11-5-7-12(8-6-11)25-18-20-9-2-10-21-18/h1-4,9-12H,5-8H2,(H2,19,23)(H,22,24). The first-order chi connectivity index (χ1) is 12.7. The zero-order valence-corrected chi connectivity index (χ0v) is 15.7. The number of fused-ring (bicyclic) bond motifs is 1. The fourth-order valence-electron chi connectivity index (χ4n) is 3.23. The summed E-state index contributed by atoms with van der Waals surface area (Å²) in [5.41, 5.74) is 7.22. The van der Waals surface area contributed by atoms with Gasteiger partial charge in [-0.25, -0.2) is 15.0 Å². The van der Waals surface area contributed by atoms with Gasteiger partial charge in [-0.3, -0.25) is 4.79 Å². The quantitative estimate of drug-likeness (QED) is 0.668. The third-order valence-electron chi connectivity index (χ3n) is 4.50. The fourth-order valence-corrected chi connectivity index (χ4v) is 5.12. The van der Waals surface area contributed by atoms with Gasteiger partial charge in [0.05, 0.1) is 15.8 Å². The van der Waals surface area contributed by atoms with Crippen molar-refractivity contribution in [2.75, 3.05) is 5.73 Å². The molecule has 0 radical (unpaired) electrons. The van der Waals surface area contributed by atoms with Crippen molar-refractivity contribution in [2.24, 2.45) is 0 Å². The van der Waals surface area contributed by atoms with Crippen molar-refractivity contribution >= 4 is 44.4 Å². The second kappa shape index (κ2) is 7.59. The monoisotopic (exact) mass is 385 g/mol. The topological polar surface area (TPSA) is 93.8 Å². The number of anilines is 1. The maximum Gasteiger partial charge on any atom is 0.253 e. The van der Waals surface area contributed by atoms with Gasteiger partial charge in [0.15, 0.2) is 10.3 Å². The molecule has 1 fully saturated rings. The summed E-state index contributed by atoms with van der Waals surface area (Å²) in [6.45, 7) is 0. The van der Waals surface area contributed by atoms with Crippen LogP contribution in [0.1, 0.15) is 36.0 Å². The molecule has 1 aromatic carbocycles. The molecule has 3 aromatic rings. The summed E-state index contributed by atoms with van der Waals surface area (Å²) < 4.78 is 0.855. The lowest BCUT2D eigenvalue weighted by molar-refractivity contribution is 0.0930. The molecule has 0 atom stereocenters. The molecule has 8 heteroatoms. The van der Waals surface area contributed by atoms with Gasteiger partial charge in [0.1, 0.15) is 0 Å². The Labute approximate surface area is 159 Å². The Morgan fingerprint density at radius 2 is 1.92 bits per heavy atom. The van der Waals surface area contributed by atoms with Gasteiger partial charge in [0.25, 0.3) is 5.91 Å². The van der Waals surface area contributed by atoms with Crippen LogP contribution in [-0.2, 0) is 0 Å². The Kier molecular flexibility index (Phi) is 5.03. The number of hydrogen-bond acceptors (Lipinski definition) is 7. The molecule has 1 saturated carbocycles. The average molecular weight is 386 g/mol. The molecule has 2 aromatic heterocycles. The Hall–Kier alpha value is -2.19. The van der Waals surface area contributed by atoms with Gasteiger partial charge in [0, 0.05) is 23.7 Å². The van der Waals surface area contributed by atoms with Crippen molar-refractivity contribution in [3.05, 3.63) is 42.2 Å². The minimum atomic E-state index is -0.0401. The second-order valence-corrected chi connectivity index (χ2v) is 8.60. The lowest BCUT2D eigenvalue weighted by Gasteiger charge is -2.28. The normalized spacial score (nSPS) is 20.2. The van der Waals surface area contributed by atoms with Crippen LogP contribution in [0, 0.1) is 0 Å². The molecule has 1 aliphatic carbocycles. The molecule has 134 valence electrons. The van der Waals surface area contributed by atoms with E-state index < -0.39 is 0 Å². The predicted octanol–water partition coefficient (Wildman–Crippen LogP) is 3.50. The first-order valence-corrected chi connectivity index (χ1v) is 10.3. The van der Waals surface area contributed by atoms with E-state index in [0.717, 1.165) is 41.1 Å². The van der Waals surface area contributed by atoms with Gasteiger partial charge < -0.3 is 11.1 Å². The molecular formula is C18H19N5OS2. The number of carbonyl (C=O) groups excluding carboxylic acids is 1. The fraction of sp³-hybridized carbons (Fsp3) is 0.333. The van der Waals surface area contributed by atoms with E-state index in [4.69, 9.17) is 5.73 Å². The van der Waals surface area contributed by atoms with Crippen molar-refractivity contribution in [1.29, 1.82) is 0 Å². The van der Waals surface area contributed by atoms with Crippen LogP contribution < -0.4 is 11.1 Å². The van der Waals surface area contributed by atoms with Gasteiger partial charge in [-0.2, -0.15) is 0 Å². The zero-order valence-electron chi connectivity index (χ0n) is 14.1. The summed E-state index contributed by atoms with van der Waals surface area (Å²) in [5, 5.41) is 5.00. The number of nitrogens with two attached hydrogens (primary N) is 1. The molecule has 0 saturated heterocycles. The van der Waals surface area contributed by atoms with Crippen molar-refractivity contribution < 1.29 is 4.79 Å². The van der Waals surface area contributed by atoms with E-state index >= 15 is 0 Å². The van der Waals surface area contributed by atoms with Gasteiger partial charge in [-0.1, -0.05) is 29.2 Å². The summed E-state index contributed by atoms with van der Waals surface area (Å²) in [6.07, 6.45) is 7.58. The highest BCUT2D eigenvalue weighted by Crippen LogP contribution is 2.32. The van der Waals surface area contributed by atoms with Gasteiger partial charge in [-0.05, 0) is 43.9 Å². The predicted molar refractivity (Wildman–Crippen MR) is 105 cm³/mol. The molecular weight excluding hydrogens is 366 g/mol. The van der Waals surface area contributed by atoms with E-state index in [1.807, 2.05) is 24.3 Å². The van der Waals surface area contributed by atoms with Crippen LogP contribution in [0.3, 0.4) is 0 Å². The Morgan fingerprint density at radius 3 is 2.69 bits per heavy atom. The van der Waals surface area contributed by atoms with E-state index in [2.05, 4.69) is 20.3 Å². The molecule has 1 aliphatic rings. The highest BCUT2D eigenvalue weighted by atomic mass is 32.2. The average Bonchev–Trinajstić information content (AvgIpc) is 3.04. The molecule has 2 heterocycles. The van der Waals surface area contributed by atoms with Crippen LogP contribution in [0.15, 0.2) is 41.8 Å². The maximum atomic E-state index is 12.7. The first-order valence-electron chi connectivity index (χ1n) is 8.58.